The summed E-state index contributed by atoms with van der Waals surface area (Å²) in [6.07, 6.45) is 0.810. The fourth-order valence-corrected chi connectivity index (χ4v) is 2.32. The zero-order chi connectivity index (χ0) is 15.1. The lowest BCUT2D eigenvalue weighted by atomic mass is 9.99. The summed E-state index contributed by atoms with van der Waals surface area (Å²) in [5.41, 5.74) is 0. The van der Waals surface area contributed by atoms with Gasteiger partial charge in [-0.3, -0.25) is 9.69 Å². The number of nitrogens with zero attached hydrogens (tertiary/aromatic N) is 1. The monoisotopic (exact) mass is 285 g/mol. The molecule has 3 unspecified atom stereocenters. The van der Waals surface area contributed by atoms with Crippen molar-refractivity contribution in [1.29, 1.82) is 0 Å². The smallest absolute Gasteiger partial charge is 0.328 e. The number of methoxy groups -OCH3 is 1. The summed E-state index contributed by atoms with van der Waals surface area (Å²) < 4.78 is 4.77. The van der Waals surface area contributed by atoms with Crippen LogP contribution in [0.5, 0.6) is 0 Å². The number of amides is 1. The van der Waals surface area contributed by atoms with Gasteiger partial charge in [-0.15, -0.1) is 0 Å². The first kappa shape index (κ1) is 16.9. The van der Waals surface area contributed by atoms with Crippen molar-refractivity contribution in [2.24, 2.45) is 5.92 Å². The van der Waals surface area contributed by atoms with E-state index in [0.29, 0.717) is 12.6 Å². The van der Waals surface area contributed by atoms with Crippen molar-refractivity contribution in [3.05, 3.63) is 0 Å². The molecule has 1 aliphatic rings. The first-order valence-electron chi connectivity index (χ1n) is 7.31. The highest BCUT2D eigenvalue weighted by Crippen LogP contribution is 2.09. The molecule has 0 radical (unpaired) electrons. The summed E-state index contributed by atoms with van der Waals surface area (Å²) in [6, 6.07) is -0.231. The maximum absolute atomic E-state index is 12.1. The summed E-state index contributed by atoms with van der Waals surface area (Å²) >= 11 is 0. The van der Waals surface area contributed by atoms with Gasteiger partial charge in [0.05, 0.1) is 13.7 Å². The van der Waals surface area contributed by atoms with Gasteiger partial charge >= 0.3 is 5.97 Å². The van der Waals surface area contributed by atoms with Crippen molar-refractivity contribution in [3.8, 4) is 0 Å². The molecule has 1 fully saturated rings. The number of ether oxygens (including phenoxy) is 1. The number of esters is 1. The normalized spacial score (nSPS) is 22.9. The van der Waals surface area contributed by atoms with E-state index in [4.69, 9.17) is 4.74 Å². The molecule has 1 rings (SSSR count). The van der Waals surface area contributed by atoms with E-state index < -0.39 is 6.04 Å². The van der Waals surface area contributed by atoms with Crippen LogP contribution in [0.2, 0.25) is 0 Å². The Morgan fingerprint density at radius 3 is 2.75 bits per heavy atom. The number of hydrogen-bond acceptors (Lipinski definition) is 5. The average Bonchev–Trinajstić information content (AvgIpc) is 2.45. The van der Waals surface area contributed by atoms with Crippen LogP contribution >= 0.6 is 0 Å². The highest BCUT2D eigenvalue weighted by atomic mass is 16.5. The molecule has 6 heteroatoms. The second kappa shape index (κ2) is 8.21. The van der Waals surface area contributed by atoms with Crippen molar-refractivity contribution >= 4 is 11.9 Å². The Kier molecular flexibility index (Phi) is 6.95. The molecule has 6 nitrogen and oxygen atoms in total. The van der Waals surface area contributed by atoms with Crippen molar-refractivity contribution < 1.29 is 14.3 Å². The summed E-state index contributed by atoms with van der Waals surface area (Å²) in [5, 5.41) is 6.10. The minimum Gasteiger partial charge on any atom is -0.467 e. The maximum atomic E-state index is 12.1. The maximum Gasteiger partial charge on any atom is 0.328 e. The van der Waals surface area contributed by atoms with E-state index in [2.05, 4.69) is 22.5 Å². The molecule has 20 heavy (non-hydrogen) atoms. The van der Waals surface area contributed by atoms with Gasteiger partial charge in [0.2, 0.25) is 5.91 Å². The van der Waals surface area contributed by atoms with Gasteiger partial charge in [-0.05, 0) is 12.8 Å². The first-order valence-corrected chi connectivity index (χ1v) is 7.31. The van der Waals surface area contributed by atoms with Crippen molar-refractivity contribution in [1.82, 2.24) is 15.5 Å². The predicted molar refractivity (Wildman–Crippen MR) is 77.3 cm³/mol. The van der Waals surface area contributed by atoms with Crippen molar-refractivity contribution in [2.45, 2.75) is 39.3 Å². The fraction of sp³-hybridized carbons (Fsp3) is 0.857. The molecule has 0 aromatic rings. The Balaban J connectivity index is 2.54. The SMILES string of the molecule is CCC(C)C(NC(=O)CN1CCNCC1C)C(=O)OC. The van der Waals surface area contributed by atoms with Crippen LogP contribution in [0.25, 0.3) is 0 Å². The molecular formula is C14H27N3O3. The van der Waals surface area contributed by atoms with Crippen molar-refractivity contribution in [2.75, 3.05) is 33.3 Å². The quantitative estimate of drug-likeness (QED) is 0.671. The first-order chi connectivity index (χ1) is 9.49. The van der Waals surface area contributed by atoms with E-state index in [1.54, 1.807) is 0 Å². The number of rotatable bonds is 6. The van der Waals surface area contributed by atoms with Gasteiger partial charge in [0.1, 0.15) is 6.04 Å². The number of carbonyl (C=O) groups excluding carboxylic acids is 2. The largest absolute Gasteiger partial charge is 0.467 e. The topological polar surface area (TPSA) is 70.7 Å². The van der Waals surface area contributed by atoms with Gasteiger partial charge in [0.25, 0.3) is 0 Å². The van der Waals surface area contributed by atoms with Crippen molar-refractivity contribution in [3.63, 3.8) is 0 Å². The van der Waals surface area contributed by atoms with Crippen LogP contribution in [0, 0.1) is 5.92 Å². The number of carbonyl (C=O) groups is 2. The Bertz CT molecular complexity index is 336. The molecule has 1 amide bonds. The molecule has 1 aliphatic heterocycles. The summed E-state index contributed by atoms with van der Waals surface area (Å²) in [4.78, 5) is 26.0. The molecular weight excluding hydrogens is 258 g/mol. The third-order valence-corrected chi connectivity index (χ3v) is 3.97. The highest BCUT2D eigenvalue weighted by Gasteiger charge is 2.28. The molecule has 0 saturated carbocycles. The van der Waals surface area contributed by atoms with E-state index in [1.165, 1.54) is 7.11 Å². The van der Waals surface area contributed by atoms with Crippen LogP contribution in [0.15, 0.2) is 0 Å². The number of nitrogens with one attached hydrogen (secondary N) is 2. The Hall–Kier alpha value is -1.14. The molecule has 0 spiro atoms. The molecule has 0 aliphatic carbocycles. The average molecular weight is 285 g/mol. The third-order valence-electron chi connectivity index (χ3n) is 3.97. The van der Waals surface area contributed by atoms with Gasteiger partial charge in [0, 0.05) is 25.7 Å². The van der Waals surface area contributed by atoms with Crippen LogP contribution in [0.4, 0.5) is 0 Å². The van der Waals surface area contributed by atoms with Crippen LogP contribution in [0.1, 0.15) is 27.2 Å². The lowest BCUT2D eigenvalue weighted by Crippen LogP contribution is -2.55. The van der Waals surface area contributed by atoms with Gasteiger partial charge in [-0.1, -0.05) is 20.3 Å². The molecule has 0 bridgehead atoms. The van der Waals surface area contributed by atoms with E-state index >= 15 is 0 Å². The van der Waals surface area contributed by atoms with Gasteiger partial charge in [-0.25, -0.2) is 4.79 Å². The minimum absolute atomic E-state index is 0.0619. The van der Waals surface area contributed by atoms with E-state index in [-0.39, 0.29) is 17.8 Å². The second-order valence-corrected chi connectivity index (χ2v) is 5.48. The lowest BCUT2D eigenvalue weighted by molar-refractivity contribution is -0.146. The fourth-order valence-electron chi connectivity index (χ4n) is 2.32. The standard InChI is InChI=1S/C14H27N3O3/c1-5-10(2)13(14(19)20-4)16-12(18)9-17-7-6-15-8-11(17)3/h10-11,13,15H,5-9H2,1-4H3,(H,16,18). The molecule has 1 heterocycles. The molecule has 116 valence electrons. The molecule has 3 atom stereocenters. The van der Waals surface area contributed by atoms with Crippen LogP contribution in [-0.2, 0) is 14.3 Å². The van der Waals surface area contributed by atoms with Gasteiger partial charge in [-0.2, -0.15) is 0 Å². The Morgan fingerprint density at radius 2 is 2.20 bits per heavy atom. The molecule has 0 aromatic heterocycles. The summed E-state index contributed by atoms with van der Waals surface area (Å²) in [5.74, 6) is -0.428. The van der Waals surface area contributed by atoms with E-state index in [0.717, 1.165) is 26.1 Å². The van der Waals surface area contributed by atoms with Crippen LogP contribution in [-0.4, -0.2) is 62.1 Å². The Labute approximate surface area is 121 Å². The molecule has 0 aromatic carbocycles. The third kappa shape index (κ3) is 4.76. The van der Waals surface area contributed by atoms with E-state index in [9.17, 15) is 9.59 Å². The molecule has 1 saturated heterocycles. The lowest BCUT2D eigenvalue weighted by Gasteiger charge is -2.33. The number of hydrogen-bond donors (Lipinski definition) is 2. The van der Waals surface area contributed by atoms with Gasteiger partial charge in [0.15, 0.2) is 0 Å². The van der Waals surface area contributed by atoms with Crippen LogP contribution in [0.3, 0.4) is 0 Å². The predicted octanol–water partition coefficient (Wildman–Crippen LogP) is -0.0160. The highest BCUT2D eigenvalue weighted by molar-refractivity contribution is 5.85. The van der Waals surface area contributed by atoms with E-state index in [1.807, 2.05) is 13.8 Å². The van der Waals surface area contributed by atoms with Gasteiger partial charge < -0.3 is 15.4 Å². The zero-order valence-corrected chi connectivity index (χ0v) is 12.9. The van der Waals surface area contributed by atoms with Crippen LogP contribution < -0.4 is 10.6 Å². The number of piperazine rings is 1. The second-order valence-electron chi connectivity index (χ2n) is 5.48. The molecule has 2 N–H and O–H groups in total. The summed E-state index contributed by atoms with van der Waals surface area (Å²) in [6.45, 7) is 8.97. The Morgan fingerprint density at radius 1 is 1.50 bits per heavy atom. The zero-order valence-electron chi connectivity index (χ0n) is 12.9. The minimum atomic E-state index is -0.560. The summed E-state index contributed by atoms with van der Waals surface area (Å²) in [7, 11) is 1.35.